The van der Waals surface area contributed by atoms with Gasteiger partial charge in [-0.1, -0.05) is 12.1 Å². The molecule has 0 radical (unpaired) electrons. The highest BCUT2D eigenvalue weighted by Crippen LogP contribution is 2.34. The molecule has 5 rings (SSSR count). The number of methoxy groups -OCH3 is 1. The molecule has 0 unspecified atom stereocenters. The van der Waals surface area contributed by atoms with Crippen LogP contribution in [0.15, 0.2) is 42.5 Å². The Bertz CT molecular complexity index is 1250. The number of hydrogen-bond donors (Lipinski definition) is 3. The Kier molecular flexibility index (Phi) is 8.00. The van der Waals surface area contributed by atoms with E-state index in [1.165, 1.54) is 12.8 Å². The first-order valence-electron chi connectivity index (χ1n) is 13.6. The first-order chi connectivity index (χ1) is 18.5. The van der Waals surface area contributed by atoms with Gasteiger partial charge in [0.15, 0.2) is 11.5 Å². The van der Waals surface area contributed by atoms with Crippen LogP contribution in [0, 0.1) is 0 Å². The Morgan fingerprint density at radius 2 is 1.66 bits per heavy atom. The number of para-hydroxylation sites is 1. The Labute approximate surface area is 224 Å². The second-order valence-electron chi connectivity index (χ2n) is 10.5. The summed E-state index contributed by atoms with van der Waals surface area (Å²) in [7, 11) is 5.63. The van der Waals surface area contributed by atoms with Crippen molar-refractivity contribution in [1.29, 1.82) is 0 Å². The number of carbonyl (C=O) groups is 1. The minimum atomic E-state index is -0.202. The van der Waals surface area contributed by atoms with Crippen LogP contribution >= 0.6 is 0 Å². The van der Waals surface area contributed by atoms with Crippen LogP contribution in [0.2, 0.25) is 0 Å². The molecule has 0 bridgehead atoms. The summed E-state index contributed by atoms with van der Waals surface area (Å²) < 4.78 is 11.6. The van der Waals surface area contributed by atoms with Crippen molar-refractivity contribution in [2.24, 2.45) is 0 Å². The fourth-order valence-electron chi connectivity index (χ4n) is 5.41. The van der Waals surface area contributed by atoms with Crippen LogP contribution in [-0.4, -0.2) is 55.4 Å². The van der Waals surface area contributed by atoms with E-state index in [2.05, 4.69) is 16.0 Å². The average Bonchev–Trinajstić information content (AvgIpc) is 3.42. The zero-order valence-corrected chi connectivity index (χ0v) is 22.5. The van der Waals surface area contributed by atoms with E-state index in [0.717, 1.165) is 55.2 Å². The molecule has 202 valence electrons. The first kappa shape index (κ1) is 25.9. The number of anilines is 3. The lowest BCUT2D eigenvalue weighted by Crippen LogP contribution is -2.42. The van der Waals surface area contributed by atoms with E-state index in [1.807, 2.05) is 61.5 Å². The van der Waals surface area contributed by atoms with Gasteiger partial charge in [-0.2, -0.15) is 4.98 Å². The number of nitrogens with zero attached hydrogens (tertiary/aromatic N) is 3. The molecule has 1 heterocycles. The third-order valence-electron chi connectivity index (χ3n) is 7.42. The maximum Gasteiger partial charge on any atom is 0.319 e. The number of aromatic nitrogens is 2. The zero-order valence-electron chi connectivity index (χ0n) is 22.5. The van der Waals surface area contributed by atoms with Gasteiger partial charge >= 0.3 is 6.03 Å². The molecule has 0 spiro atoms. The Morgan fingerprint density at radius 3 is 2.39 bits per heavy atom. The number of benzene rings is 2. The van der Waals surface area contributed by atoms with Crippen molar-refractivity contribution in [3.8, 4) is 11.5 Å². The molecule has 0 aliphatic heterocycles. The molecule has 2 saturated carbocycles. The van der Waals surface area contributed by atoms with Gasteiger partial charge in [0.2, 0.25) is 5.95 Å². The van der Waals surface area contributed by atoms with Crippen LogP contribution < -0.4 is 30.3 Å². The molecule has 0 saturated heterocycles. The second-order valence-corrected chi connectivity index (χ2v) is 10.5. The lowest BCUT2D eigenvalue weighted by molar-refractivity contribution is 0.201. The molecule has 3 N–H and O–H groups in total. The lowest BCUT2D eigenvalue weighted by atomic mass is 9.91. The molecule has 9 nitrogen and oxygen atoms in total. The van der Waals surface area contributed by atoms with Crippen molar-refractivity contribution in [3.05, 3.63) is 42.5 Å². The third kappa shape index (κ3) is 6.20. The largest absolute Gasteiger partial charge is 0.493 e. The Morgan fingerprint density at radius 1 is 0.921 bits per heavy atom. The summed E-state index contributed by atoms with van der Waals surface area (Å²) in [6.07, 6.45) is 8.35. The van der Waals surface area contributed by atoms with Crippen LogP contribution in [-0.2, 0) is 0 Å². The van der Waals surface area contributed by atoms with Crippen molar-refractivity contribution in [3.63, 3.8) is 0 Å². The number of fused-ring (bicyclic) bond motifs is 1. The Balaban J connectivity index is 1.13. The SMILES string of the molecule is COc1ccc(NC(=O)NC2CCC(Nc3nc(N(C)C)c4ccccc4n3)CC2)cc1OC1CCCC1. The zero-order chi connectivity index (χ0) is 26.5. The molecular formula is C29H38N6O3. The highest BCUT2D eigenvalue weighted by molar-refractivity contribution is 5.90. The van der Waals surface area contributed by atoms with Crippen molar-refractivity contribution in [2.75, 3.05) is 36.7 Å². The van der Waals surface area contributed by atoms with Crippen LogP contribution in [0.4, 0.5) is 22.2 Å². The fraction of sp³-hybridized carbons (Fsp3) is 0.483. The minimum absolute atomic E-state index is 0.121. The van der Waals surface area contributed by atoms with E-state index < -0.39 is 0 Å². The number of nitrogens with one attached hydrogen (secondary N) is 3. The van der Waals surface area contributed by atoms with Gasteiger partial charge in [0.1, 0.15) is 5.82 Å². The summed E-state index contributed by atoms with van der Waals surface area (Å²) in [5.74, 6) is 2.91. The van der Waals surface area contributed by atoms with E-state index in [9.17, 15) is 4.79 Å². The van der Waals surface area contributed by atoms with E-state index in [0.29, 0.717) is 23.1 Å². The standard InChI is InChI=1S/C29H38N6O3/c1-35(2)27-23-10-6-7-11-24(23)33-28(34-27)30-19-12-14-20(15-13-19)31-29(36)32-21-16-17-25(37-3)26(18-21)38-22-8-4-5-9-22/h6-7,10-11,16-20,22H,4-5,8-9,12-15H2,1-3H3,(H,30,33,34)(H2,31,32,36). The van der Waals surface area contributed by atoms with Crippen LogP contribution in [0.25, 0.3) is 10.9 Å². The molecular weight excluding hydrogens is 480 g/mol. The second kappa shape index (κ2) is 11.8. The maximum atomic E-state index is 12.8. The van der Waals surface area contributed by atoms with Crippen molar-refractivity contribution < 1.29 is 14.3 Å². The van der Waals surface area contributed by atoms with Gasteiger partial charge < -0.3 is 30.3 Å². The highest BCUT2D eigenvalue weighted by atomic mass is 16.5. The highest BCUT2D eigenvalue weighted by Gasteiger charge is 2.24. The summed E-state index contributed by atoms with van der Waals surface area (Å²) in [5.41, 5.74) is 1.62. The number of carbonyl (C=O) groups excluding carboxylic acids is 1. The minimum Gasteiger partial charge on any atom is -0.493 e. The number of amides is 2. The van der Waals surface area contributed by atoms with Crippen molar-refractivity contribution >= 4 is 34.4 Å². The number of hydrogen-bond acceptors (Lipinski definition) is 7. The van der Waals surface area contributed by atoms with Crippen LogP contribution in [0.1, 0.15) is 51.4 Å². The van der Waals surface area contributed by atoms with E-state index in [1.54, 1.807) is 7.11 Å². The van der Waals surface area contributed by atoms with Crippen molar-refractivity contribution in [2.45, 2.75) is 69.6 Å². The molecule has 2 aliphatic carbocycles. The summed E-state index contributed by atoms with van der Waals surface area (Å²) >= 11 is 0. The van der Waals surface area contributed by atoms with Gasteiger partial charge in [0.05, 0.1) is 18.7 Å². The molecule has 2 aromatic carbocycles. The van der Waals surface area contributed by atoms with Crippen LogP contribution in [0.5, 0.6) is 11.5 Å². The summed E-state index contributed by atoms with van der Waals surface area (Å²) in [6, 6.07) is 13.8. The molecule has 2 aliphatic rings. The summed E-state index contributed by atoms with van der Waals surface area (Å²) in [6.45, 7) is 0. The van der Waals surface area contributed by atoms with Gasteiger partial charge in [-0.05, 0) is 75.6 Å². The van der Waals surface area contributed by atoms with Crippen molar-refractivity contribution in [1.82, 2.24) is 15.3 Å². The van der Waals surface area contributed by atoms with Crippen LogP contribution in [0.3, 0.4) is 0 Å². The van der Waals surface area contributed by atoms with Gasteiger partial charge in [-0.15, -0.1) is 0 Å². The van der Waals surface area contributed by atoms with Gasteiger partial charge in [-0.3, -0.25) is 0 Å². The topological polar surface area (TPSA) is 101 Å². The molecule has 0 atom stereocenters. The molecule has 2 amide bonds. The maximum absolute atomic E-state index is 12.8. The predicted octanol–water partition coefficient (Wildman–Crippen LogP) is 5.57. The molecule has 1 aromatic heterocycles. The van der Waals surface area contributed by atoms with Gasteiger partial charge in [0.25, 0.3) is 0 Å². The monoisotopic (exact) mass is 518 g/mol. The summed E-state index contributed by atoms with van der Waals surface area (Å²) in [5, 5.41) is 10.7. The smallest absolute Gasteiger partial charge is 0.319 e. The first-order valence-corrected chi connectivity index (χ1v) is 13.6. The van der Waals surface area contributed by atoms with E-state index in [-0.39, 0.29) is 24.2 Å². The quantitative estimate of drug-likeness (QED) is 0.358. The fourth-order valence-corrected chi connectivity index (χ4v) is 5.41. The molecule has 3 aromatic rings. The number of urea groups is 1. The normalized spacial score (nSPS) is 19.7. The number of rotatable bonds is 8. The molecule has 2 fully saturated rings. The van der Waals surface area contributed by atoms with E-state index >= 15 is 0 Å². The van der Waals surface area contributed by atoms with Gasteiger partial charge in [-0.25, -0.2) is 9.78 Å². The van der Waals surface area contributed by atoms with E-state index in [4.69, 9.17) is 19.4 Å². The number of ether oxygens (including phenoxy) is 2. The molecule has 38 heavy (non-hydrogen) atoms. The molecule has 9 heteroatoms. The Hall–Kier alpha value is -3.75. The average molecular weight is 519 g/mol. The van der Waals surface area contributed by atoms with Gasteiger partial charge in [0, 0.05) is 43.3 Å². The summed E-state index contributed by atoms with van der Waals surface area (Å²) in [4.78, 5) is 24.3. The third-order valence-corrected chi connectivity index (χ3v) is 7.42. The lowest BCUT2D eigenvalue weighted by Gasteiger charge is -2.30. The predicted molar refractivity (Wildman–Crippen MR) is 152 cm³/mol.